The number of hydrazone groups is 1. The molecule has 8 heteroatoms. The van der Waals surface area contributed by atoms with Crippen LogP contribution in [0.15, 0.2) is 32.7 Å². The highest BCUT2D eigenvalue weighted by Gasteiger charge is 2.26. The summed E-state index contributed by atoms with van der Waals surface area (Å²) in [6.45, 7) is 1.89. The molecule has 1 aliphatic heterocycles. The highest BCUT2D eigenvalue weighted by atomic mass is 79.9. The molecule has 102 valence electrons. The molecule has 0 saturated heterocycles. The van der Waals surface area contributed by atoms with Gasteiger partial charge in [-0.05, 0) is 40.5 Å². The number of benzene rings is 1. The van der Waals surface area contributed by atoms with Crippen molar-refractivity contribution in [1.82, 2.24) is 0 Å². The lowest BCUT2D eigenvalue weighted by molar-refractivity contribution is -0.116. The molecule has 0 saturated carbocycles. The topological polar surface area (TPSA) is 87.0 Å². The van der Waals surface area contributed by atoms with Crippen molar-refractivity contribution in [3.63, 3.8) is 0 Å². The monoisotopic (exact) mass is 346 g/mol. The average molecular weight is 347 g/mol. The van der Waals surface area contributed by atoms with Crippen molar-refractivity contribution in [3.05, 3.63) is 22.7 Å². The normalized spacial score (nSPS) is 15.8. The first-order valence-corrected chi connectivity index (χ1v) is 7.72. The molecule has 0 aromatic heterocycles. The summed E-state index contributed by atoms with van der Waals surface area (Å²) in [4.78, 5) is 11.6. The van der Waals surface area contributed by atoms with Gasteiger partial charge in [0.05, 0.1) is 17.0 Å². The van der Waals surface area contributed by atoms with Gasteiger partial charge in [-0.15, -0.1) is 0 Å². The molecular weight excluding hydrogens is 336 g/mol. The Morgan fingerprint density at radius 2 is 2.16 bits per heavy atom. The van der Waals surface area contributed by atoms with Crippen LogP contribution in [0.3, 0.4) is 0 Å². The molecule has 19 heavy (non-hydrogen) atoms. The molecule has 1 aromatic carbocycles. The van der Waals surface area contributed by atoms with Gasteiger partial charge in [0.1, 0.15) is 0 Å². The van der Waals surface area contributed by atoms with Crippen molar-refractivity contribution in [1.29, 1.82) is 0 Å². The number of anilines is 1. The lowest BCUT2D eigenvalue weighted by Gasteiger charge is -2.14. The van der Waals surface area contributed by atoms with Gasteiger partial charge in [0.15, 0.2) is 0 Å². The van der Waals surface area contributed by atoms with Crippen LogP contribution in [-0.2, 0) is 14.9 Å². The Morgan fingerprint density at radius 3 is 2.68 bits per heavy atom. The number of rotatable bonds is 3. The van der Waals surface area contributed by atoms with E-state index in [-0.39, 0.29) is 17.2 Å². The Morgan fingerprint density at radius 1 is 1.47 bits per heavy atom. The first-order valence-electron chi connectivity index (χ1n) is 5.49. The Hall–Kier alpha value is -1.25. The number of hydrogen-bond acceptors (Lipinski definition) is 4. The van der Waals surface area contributed by atoms with E-state index in [1.165, 1.54) is 18.2 Å². The van der Waals surface area contributed by atoms with Gasteiger partial charge >= 0.3 is 0 Å². The summed E-state index contributed by atoms with van der Waals surface area (Å²) in [5.41, 5.74) is 1.03. The van der Waals surface area contributed by atoms with Crippen molar-refractivity contribution in [3.8, 4) is 0 Å². The molecule has 1 amide bonds. The van der Waals surface area contributed by atoms with Crippen molar-refractivity contribution in [2.45, 2.75) is 24.7 Å². The van der Waals surface area contributed by atoms with Crippen LogP contribution in [0.2, 0.25) is 0 Å². The number of carbonyl (C=O) groups is 1. The van der Waals surface area contributed by atoms with Crippen LogP contribution < -0.4 is 5.01 Å². The van der Waals surface area contributed by atoms with Crippen LogP contribution in [0.5, 0.6) is 0 Å². The van der Waals surface area contributed by atoms with Crippen LogP contribution in [0.1, 0.15) is 19.8 Å². The fourth-order valence-electron chi connectivity index (χ4n) is 1.68. The van der Waals surface area contributed by atoms with Crippen molar-refractivity contribution >= 4 is 43.4 Å². The third kappa shape index (κ3) is 2.85. The zero-order valence-corrected chi connectivity index (χ0v) is 12.4. The number of amides is 1. The van der Waals surface area contributed by atoms with Gasteiger partial charge in [-0.1, -0.05) is 6.92 Å². The third-order valence-electron chi connectivity index (χ3n) is 2.68. The first-order chi connectivity index (χ1) is 8.82. The molecule has 1 heterocycles. The highest BCUT2D eigenvalue weighted by molar-refractivity contribution is 9.10. The molecule has 1 aliphatic rings. The minimum Gasteiger partial charge on any atom is -0.282 e. The van der Waals surface area contributed by atoms with Gasteiger partial charge in [-0.3, -0.25) is 9.35 Å². The minimum atomic E-state index is -4.32. The predicted molar refractivity (Wildman–Crippen MR) is 73.8 cm³/mol. The molecule has 0 spiro atoms. The van der Waals surface area contributed by atoms with Crippen molar-refractivity contribution < 1.29 is 17.8 Å². The van der Waals surface area contributed by atoms with Gasteiger partial charge < -0.3 is 0 Å². The maximum atomic E-state index is 11.8. The molecule has 0 unspecified atom stereocenters. The van der Waals surface area contributed by atoms with Gasteiger partial charge in [0.2, 0.25) is 0 Å². The summed E-state index contributed by atoms with van der Waals surface area (Å²) in [6.07, 6.45) is 0.872. The molecule has 0 radical (unpaired) electrons. The van der Waals surface area contributed by atoms with E-state index in [9.17, 15) is 13.2 Å². The highest BCUT2D eigenvalue weighted by Crippen LogP contribution is 2.31. The molecule has 1 N–H and O–H groups in total. The number of carbonyl (C=O) groups excluding carboxylic acids is 1. The quantitative estimate of drug-likeness (QED) is 0.849. The van der Waals surface area contributed by atoms with Crippen LogP contribution >= 0.6 is 15.9 Å². The number of nitrogens with zero attached hydrogens (tertiary/aromatic N) is 2. The second-order valence-electron chi connectivity index (χ2n) is 3.99. The Kier molecular flexibility index (Phi) is 3.75. The van der Waals surface area contributed by atoms with Crippen LogP contribution in [0.4, 0.5) is 5.69 Å². The number of hydrogen-bond donors (Lipinski definition) is 1. The maximum absolute atomic E-state index is 11.8. The smallest absolute Gasteiger partial charge is 0.282 e. The largest absolute Gasteiger partial charge is 0.294 e. The van der Waals surface area contributed by atoms with E-state index < -0.39 is 10.1 Å². The first kappa shape index (κ1) is 14.2. The lowest BCUT2D eigenvalue weighted by Crippen LogP contribution is -2.20. The molecule has 0 bridgehead atoms. The molecule has 1 aromatic rings. The summed E-state index contributed by atoms with van der Waals surface area (Å²) in [5, 5.41) is 5.29. The summed E-state index contributed by atoms with van der Waals surface area (Å²) < 4.78 is 31.8. The van der Waals surface area contributed by atoms with E-state index in [2.05, 4.69) is 21.0 Å². The second-order valence-corrected chi connectivity index (χ2v) is 6.27. The molecule has 2 rings (SSSR count). The van der Waals surface area contributed by atoms with E-state index in [1.807, 2.05) is 6.92 Å². The van der Waals surface area contributed by atoms with Crippen molar-refractivity contribution in [2.24, 2.45) is 5.10 Å². The third-order valence-corrected chi connectivity index (χ3v) is 4.20. The Balaban J connectivity index is 2.51. The lowest BCUT2D eigenvalue weighted by atomic mass is 10.2. The van der Waals surface area contributed by atoms with Gasteiger partial charge in [-0.25, -0.2) is 0 Å². The Bertz CT molecular complexity index is 669. The SMILES string of the molecule is CCC1=NN(c2cc(S(=O)(=O)O)ccc2Br)C(=O)C1. The van der Waals surface area contributed by atoms with Gasteiger partial charge in [0, 0.05) is 10.2 Å². The van der Waals surface area contributed by atoms with Gasteiger partial charge in [-0.2, -0.15) is 18.5 Å². The molecule has 0 atom stereocenters. The van der Waals surface area contributed by atoms with Crippen LogP contribution in [0, 0.1) is 0 Å². The molecule has 0 aliphatic carbocycles. The molecular formula is C11H11BrN2O4S. The van der Waals surface area contributed by atoms with E-state index >= 15 is 0 Å². The molecule has 6 nitrogen and oxygen atoms in total. The second kappa shape index (κ2) is 5.03. The Labute approximate surface area is 119 Å². The van der Waals surface area contributed by atoms with Crippen LogP contribution in [0.25, 0.3) is 0 Å². The zero-order chi connectivity index (χ0) is 14.2. The fraction of sp³-hybridized carbons (Fsp3) is 0.273. The summed E-state index contributed by atoms with van der Waals surface area (Å²) in [5.74, 6) is -0.231. The number of halogens is 1. The zero-order valence-electron chi connectivity index (χ0n) is 10.00. The van der Waals surface area contributed by atoms with Gasteiger partial charge in [0.25, 0.3) is 16.0 Å². The van der Waals surface area contributed by atoms with E-state index in [0.29, 0.717) is 16.6 Å². The summed E-state index contributed by atoms with van der Waals surface area (Å²) in [7, 11) is -4.32. The summed E-state index contributed by atoms with van der Waals surface area (Å²) in [6, 6.07) is 3.90. The molecule has 0 fully saturated rings. The minimum absolute atomic E-state index is 0.221. The summed E-state index contributed by atoms with van der Waals surface area (Å²) >= 11 is 3.24. The van der Waals surface area contributed by atoms with E-state index in [1.54, 1.807) is 0 Å². The average Bonchev–Trinajstić information content (AvgIpc) is 2.69. The predicted octanol–water partition coefficient (Wildman–Crippen LogP) is 2.20. The standard InChI is InChI=1S/C11H11BrN2O4S/c1-2-7-5-11(15)14(13-7)10-6-8(19(16,17)18)3-4-9(10)12/h3-4,6H,2,5H2,1H3,(H,16,17,18). The van der Waals surface area contributed by atoms with Crippen LogP contribution in [-0.4, -0.2) is 24.6 Å². The maximum Gasteiger partial charge on any atom is 0.294 e. The van der Waals surface area contributed by atoms with E-state index in [4.69, 9.17) is 4.55 Å². The fourth-order valence-corrected chi connectivity index (χ4v) is 2.60. The van der Waals surface area contributed by atoms with Crippen molar-refractivity contribution in [2.75, 3.05) is 5.01 Å². The van der Waals surface area contributed by atoms with E-state index in [0.717, 1.165) is 10.7 Å².